The van der Waals surface area contributed by atoms with Gasteiger partial charge in [-0.25, -0.2) is 0 Å². The number of hydrazine groups is 1. The predicted octanol–water partition coefficient (Wildman–Crippen LogP) is 1.29. The molecule has 2 rings (SSSR count). The van der Waals surface area contributed by atoms with E-state index in [-0.39, 0.29) is 12.1 Å². The third-order valence-corrected chi connectivity index (χ3v) is 4.76. The topological polar surface area (TPSA) is 65.1 Å². The van der Waals surface area contributed by atoms with E-state index < -0.39 is 0 Å². The Morgan fingerprint density at radius 1 is 1.67 bits per heavy atom. The summed E-state index contributed by atoms with van der Waals surface area (Å²) < 4.78 is 8.76. The highest BCUT2D eigenvalue weighted by Crippen LogP contribution is 2.27. The van der Waals surface area contributed by atoms with E-state index in [1.54, 1.807) is 0 Å². The zero-order valence-electron chi connectivity index (χ0n) is 11.1. The number of hydrogen-bond acceptors (Lipinski definition) is 4. The number of rotatable bonds is 4. The molecule has 0 amide bonds. The lowest BCUT2D eigenvalue weighted by Gasteiger charge is -2.25. The first-order valence-corrected chi connectivity index (χ1v) is 7.09. The molecule has 0 aromatic carbocycles. The van der Waals surface area contributed by atoms with Crippen LogP contribution >= 0.6 is 15.9 Å². The summed E-state index contributed by atoms with van der Waals surface area (Å²) in [6.07, 6.45) is 2.09. The summed E-state index contributed by atoms with van der Waals surface area (Å²) in [5.74, 6) is 6.24. The molecule has 3 N–H and O–H groups in total. The molecule has 1 fully saturated rings. The van der Waals surface area contributed by atoms with E-state index in [2.05, 4.69) is 33.4 Å². The Morgan fingerprint density at radius 2 is 2.39 bits per heavy atom. The molecule has 1 aliphatic heterocycles. The molecular formula is C12H21BrN4O. The van der Waals surface area contributed by atoms with Gasteiger partial charge in [0.25, 0.3) is 0 Å². The van der Waals surface area contributed by atoms with Gasteiger partial charge >= 0.3 is 0 Å². The maximum atomic E-state index is 5.79. The fourth-order valence-corrected chi connectivity index (χ4v) is 3.11. The first kappa shape index (κ1) is 14.0. The molecule has 102 valence electrons. The molecule has 3 atom stereocenters. The Hall–Kier alpha value is -0.430. The Balaban J connectivity index is 2.15. The highest BCUT2D eigenvalue weighted by molar-refractivity contribution is 9.10. The summed E-state index contributed by atoms with van der Waals surface area (Å²) in [5.41, 5.74) is 5.05. The second kappa shape index (κ2) is 5.69. The average Bonchev–Trinajstić information content (AvgIpc) is 2.84. The third-order valence-electron chi connectivity index (χ3n) is 3.73. The normalized spacial score (nSPS) is 25.6. The largest absolute Gasteiger partial charge is 0.376 e. The van der Waals surface area contributed by atoms with Gasteiger partial charge in [-0.15, -0.1) is 0 Å². The van der Waals surface area contributed by atoms with Crippen LogP contribution in [0.4, 0.5) is 0 Å². The molecule has 1 aromatic rings. The Bertz CT molecular complexity index is 420. The molecule has 2 heterocycles. The van der Waals surface area contributed by atoms with Gasteiger partial charge in [0.15, 0.2) is 0 Å². The van der Waals surface area contributed by atoms with Crippen molar-refractivity contribution in [2.75, 3.05) is 6.61 Å². The first-order valence-electron chi connectivity index (χ1n) is 6.30. The molecule has 1 aliphatic rings. The fraction of sp³-hybridized carbons (Fsp3) is 0.750. The average molecular weight is 317 g/mol. The van der Waals surface area contributed by atoms with Crippen LogP contribution in [-0.2, 0) is 18.2 Å². The summed E-state index contributed by atoms with van der Waals surface area (Å²) in [4.78, 5) is 0. The minimum atomic E-state index is 0.119. The Labute approximate surface area is 116 Å². The van der Waals surface area contributed by atoms with Crippen LogP contribution in [0.1, 0.15) is 24.7 Å². The highest BCUT2D eigenvalue weighted by Gasteiger charge is 2.32. The van der Waals surface area contributed by atoms with Gasteiger partial charge in [-0.3, -0.25) is 16.0 Å². The number of hydrogen-bond donors (Lipinski definition) is 2. The van der Waals surface area contributed by atoms with E-state index in [4.69, 9.17) is 10.6 Å². The maximum Gasteiger partial charge on any atom is 0.0771 e. The van der Waals surface area contributed by atoms with Crippen molar-refractivity contribution < 1.29 is 4.74 Å². The molecule has 0 saturated carbocycles. The maximum absolute atomic E-state index is 5.79. The van der Waals surface area contributed by atoms with E-state index in [0.29, 0.717) is 5.92 Å². The molecule has 1 saturated heterocycles. The molecule has 0 bridgehead atoms. The monoisotopic (exact) mass is 316 g/mol. The van der Waals surface area contributed by atoms with E-state index in [0.717, 1.165) is 35.3 Å². The predicted molar refractivity (Wildman–Crippen MR) is 74.0 cm³/mol. The minimum Gasteiger partial charge on any atom is -0.376 e. The van der Waals surface area contributed by atoms with E-state index in [1.807, 2.05) is 18.7 Å². The Morgan fingerprint density at radius 3 is 2.83 bits per heavy atom. The zero-order chi connectivity index (χ0) is 13.3. The fourth-order valence-electron chi connectivity index (χ4n) is 2.61. The summed E-state index contributed by atoms with van der Waals surface area (Å²) in [5, 5.41) is 4.40. The van der Waals surface area contributed by atoms with Crippen molar-refractivity contribution in [2.24, 2.45) is 18.8 Å². The molecule has 0 spiro atoms. The molecule has 0 aliphatic carbocycles. The molecule has 5 nitrogen and oxygen atoms in total. The first-order chi connectivity index (χ1) is 8.54. The van der Waals surface area contributed by atoms with Crippen molar-refractivity contribution >= 4 is 15.9 Å². The Kier molecular flexibility index (Phi) is 4.42. The van der Waals surface area contributed by atoms with Crippen LogP contribution in [0.25, 0.3) is 0 Å². The zero-order valence-corrected chi connectivity index (χ0v) is 12.7. The van der Waals surface area contributed by atoms with Gasteiger partial charge in [0, 0.05) is 20.1 Å². The van der Waals surface area contributed by atoms with Crippen LogP contribution in [0.3, 0.4) is 0 Å². The number of nitrogens with zero attached hydrogens (tertiary/aromatic N) is 2. The molecular weight excluding hydrogens is 296 g/mol. The van der Waals surface area contributed by atoms with Gasteiger partial charge < -0.3 is 4.74 Å². The molecule has 6 heteroatoms. The highest BCUT2D eigenvalue weighted by atomic mass is 79.9. The van der Waals surface area contributed by atoms with Crippen molar-refractivity contribution in [1.29, 1.82) is 0 Å². The summed E-state index contributed by atoms with van der Waals surface area (Å²) in [6, 6.07) is 0.119. The molecule has 18 heavy (non-hydrogen) atoms. The van der Waals surface area contributed by atoms with Crippen LogP contribution in [-0.4, -0.2) is 28.5 Å². The molecule has 1 aromatic heterocycles. The van der Waals surface area contributed by atoms with Crippen molar-refractivity contribution in [3.63, 3.8) is 0 Å². The third kappa shape index (κ3) is 2.61. The molecule has 0 radical (unpaired) electrons. The summed E-state index contributed by atoms with van der Waals surface area (Å²) in [7, 11) is 1.96. The van der Waals surface area contributed by atoms with Crippen molar-refractivity contribution in [2.45, 2.75) is 38.8 Å². The number of aromatic nitrogens is 2. The van der Waals surface area contributed by atoms with Crippen molar-refractivity contribution in [1.82, 2.24) is 15.2 Å². The van der Waals surface area contributed by atoms with Crippen molar-refractivity contribution in [3.8, 4) is 0 Å². The number of nitrogens with one attached hydrogen (secondary N) is 1. The summed E-state index contributed by atoms with van der Waals surface area (Å²) in [6.45, 7) is 5.04. The SMILES string of the molecule is Cc1nn(C)c(CC(NN)C2OCCC2C)c1Br. The van der Waals surface area contributed by atoms with Gasteiger partial charge in [-0.1, -0.05) is 6.92 Å². The number of nitrogens with two attached hydrogens (primary N) is 1. The number of aryl methyl sites for hydroxylation is 2. The smallest absolute Gasteiger partial charge is 0.0771 e. The van der Waals surface area contributed by atoms with Gasteiger partial charge in [0.2, 0.25) is 0 Å². The lowest BCUT2D eigenvalue weighted by Crippen LogP contribution is -2.47. The van der Waals surface area contributed by atoms with Crippen LogP contribution in [0.2, 0.25) is 0 Å². The number of ether oxygens (including phenoxy) is 1. The van der Waals surface area contributed by atoms with Crippen LogP contribution in [0.15, 0.2) is 4.47 Å². The van der Waals surface area contributed by atoms with Gasteiger partial charge in [-0.05, 0) is 35.2 Å². The van der Waals surface area contributed by atoms with Crippen molar-refractivity contribution in [3.05, 3.63) is 15.9 Å². The van der Waals surface area contributed by atoms with Gasteiger partial charge in [0.1, 0.15) is 0 Å². The number of halogens is 1. The standard InChI is InChI=1S/C12H21BrN4O/c1-7-4-5-18-12(7)9(15-14)6-10-11(13)8(2)16-17(10)3/h7,9,12,15H,4-6,14H2,1-3H3. The molecule has 3 unspecified atom stereocenters. The van der Waals surface area contributed by atoms with Gasteiger partial charge in [0.05, 0.1) is 28.0 Å². The lowest BCUT2D eigenvalue weighted by molar-refractivity contribution is 0.0604. The van der Waals surface area contributed by atoms with Gasteiger partial charge in [-0.2, -0.15) is 5.10 Å². The lowest BCUT2D eigenvalue weighted by atomic mass is 9.95. The minimum absolute atomic E-state index is 0.119. The second-order valence-corrected chi connectivity index (χ2v) is 5.84. The van der Waals surface area contributed by atoms with E-state index in [9.17, 15) is 0 Å². The van der Waals surface area contributed by atoms with Crippen LogP contribution in [0.5, 0.6) is 0 Å². The second-order valence-electron chi connectivity index (χ2n) is 5.05. The van der Waals surface area contributed by atoms with Crippen LogP contribution < -0.4 is 11.3 Å². The van der Waals surface area contributed by atoms with E-state index >= 15 is 0 Å². The van der Waals surface area contributed by atoms with E-state index in [1.165, 1.54) is 0 Å². The van der Waals surface area contributed by atoms with Crippen LogP contribution in [0, 0.1) is 12.8 Å². The quantitative estimate of drug-likeness (QED) is 0.649. The summed E-state index contributed by atoms with van der Waals surface area (Å²) >= 11 is 3.59.